The van der Waals surface area contributed by atoms with Gasteiger partial charge in [-0.2, -0.15) is 0 Å². The number of pyridine rings is 1. The molecule has 1 unspecified atom stereocenters. The van der Waals surface area contributed by atoms with Crippen LogP contribution in [0.25, 0.3) is 0 Å². The first-order valence-corrected chi connectivity index (χ1v) is 6.88. The zero-order valence-corrected chi connectivity index (χ0v) is 10.3. The van der Waals surface area contributed by atoms with E-state index in [2.05, 4.69) is 27.8 Å². The molecule has 1 aliphatic carbocycles. The Labute approximate surface area is 103 Å². The molecule has 0 aromatic carbocycles. The maximum Gasteiger partial charge on any atom is 0.126 e. The monoisotopic (exact) mass is 231 g/mol. The number of aryl methyl sites for hydroxylation is 2. The molecular formula is C14H21N3. The molecule has 0 radical (unpaired) electrons. The summed E-state index contributed by atoms with van der Waals surface area (Å²) in [7, 11) is 0. The molecule has 2 heterocycles. The van der Waals surface area contributed by atoms with Crippen LogP contribution < -0.4 is 10.6 Å². The Hall–Kier alpha value is -1.09. The van der Waals surface area contributed by atoms with Gasteiger partial charge in [-0.05, 0) is 56.7 Å². The smallest absolute Gasteiger partial charge is 0.126 e. The summed E-state index contributed by atoms with van der Waals surface area (Å²) in [5.41, 5.74) is 2.77. The van der Waals surface area contributed by atoms with Crippen molar-refractivity contribution in [3.8, 4) is 0 Å². The average Bonchev–Trinajstić information content (AvgIpc) is 2.98. The van der Waals surface area contributed by atoms with Gasteiger partial charge in [-0.1, -0.05) is 6.07 Å². The molecule has 2 N–H and O–H groups in total. The first-order valence-electron chi connectivity index (χ1n) is 6.88. The lowest BCUT2D eigenvalue weighted by molar-refractivity contribution is 0.574. The number of aromatic nitrogens is 1. The Morgan fingerprint density at radius 3 is 3.18 bits per heavy atom. The quantitative estimate of drug-likeness (QED) is 0.833. The number of anilines is 1. The Morgan fingerprint density at radius 2 is 2.29 bits per heavy atom. The van der Waals surface area contributed by atoms with Crippen molar-refractivity contribution < 1.29 is 0 Å². The highest BCUT2D eigenvalue weighted by molar-refractivity contribution is 5.40. The number of hydrogen-bond donors (Lipinski definition) is 2. The fourth-order valence-electron chi connectivity index (χ4n) is 2.90. The van der Waals surface area contributed by atoms with Crippen molar-refractivity contribution in [1.82, 2.24) is 10.3 Å². The Kier molecular flexibility index (Phi) is 3.27. The summed E-state index contributed by atoms with van der Waals surface area (Å²) in [5.74, 6) is 1.06. The Morgan fingerprint density at radius 1 is 1.29 bits per heavy atom. The first kappa shape index (κ1) is 11.0. The summed E-state index contributed by atoms with van der Waals surface area (Å²) in [6.45, 7) is 2.23. The normalized spacial score (nSPS) is 22.7. The van der Waals surface area contributed by atoms with Crippen molar-refractivity contribution >= 4 is 5.82 Å². The van der Waals surface area contributed by atoms with Crippen LogP contribution in [-0.2, 0) is 12.8 Å². The molecule has 1 saturated heterocycles. The molecule has 2 aliphatic rings. The topological polar surface area (TPSA) is 37.0 Å². The number of nitrogens with zero attached hydrogens (tertiary/aromatic N) is 1. The van der Waals surface area contributed by atoms with E-state index in [9.17, 15) is 0 Å². The van der Waals surface area contributed by atoms with E-state index in [0.29, 0.717) is 0 Å². The molecule has 92 valence electrons. The van der Waals surface area contributed by atoms with Crippen molar-refractivity contribution in [2.75, 3.05) is 18.4 Å². The third-order valence-electron chi connectivity index (χ3n) is 3.89. The van der Waals surface area contributed by atoms with E-state index in [0.717, 1.165) is 24.8 Å². The highest BCUT2D eigenvalue weighted by atomic mass is 15.0. The van der Waals surface area contributed by atoms with E-state index >= 15 is 0 Å². The van der Waals surface area contributed by atoms with Crippen LogP contribution in [0.5, 0.6) is 0 Å². The molecule has 3 heteroatoms. The van der Waals surface area contributed by atoms with Crippen LogP contribution in [0.1, 0.15) is 36.9 Å². The number of rotatable bonds is 4. The zero-order chi connectivity index (χ0) is 11.5. The maximum atomic E-state index is 4.69. The SMILES string of the molecule is c1cc2c(nc1NCCC1CCCN1)CCC2. The minimum Gasteiger partial charge on any atom is -0.370 e. The van der Waals surface area contributed by atoms with Gasteiger partial charge < -0.3 is 10.6 Å². The van der Waals surface area contributed by atoms with Gasteiger partial charge in [0.1, 0.15) is 5.82 Å². The lowest BCUT2D eigenvalue weighted by Crippen LogP contribution is -2.24. The van der Waals surface area contributed by atoms with Gasteiger partial charge in [0.05, 0.1) is 0 Å². The van der Waals surface area contributed by atoms with Crippen molar-refractivity contribution in [3.05, 3.63) is 23.4 Å². The van der Waals surface area contributed by atoms with Crippen LogP contribution in [0, 0.1) is 0 Å². The van der Waals surface area contributed by atoms with Gasteiger partial charge in [-0.25, -0.2) is 4.98 Å². The molecule has 1 aromatic heterocycles. The number of fused-ring (bicyclic) bond motifs is 1. The highest BCUT2D eigenvalue weighted by Crippen LogP contribution is 2.21. The van der Waals surface area contributed by atoms with Gasteiger partial charge in [-0.15, -0.1) is 0 Å². The molecule has 17 heavy (non-hydrogen) atoms. The van der Waals surface area contributed by atoms with Gasteiger partial charge in [0, 0.05) is 18.3 Å². The first-order chi connectivity index (χ1) is 8.42. The van der Waals surface area contributed by atoms with E-state index in [4.69, 9.17) is 0 Å². The highest BCUT2D eigenvalue weighted by Gasteiger charge is 2.14. The number of nitrogens with one attached hydrogen (secondary N) is 2. The van der Waals surface area contributed by atoms with Crippen LogP contribution in [0.4, 0.5) is 5.82 Å². The summed E-state index contributed by atoms with van der Waals surface area (Å²) in [5, 5.41) is 6.97. The second-order valence-electron chi connectivity index (χ2n) is 5.16. The molecular weight excluding hydrogens is 210 g/mol. The van der Waals surface area contributed by atoms with Crippen molar-refractivity contribution in [3.63, 3.8) is 0 Å². The molecule has 1 aromatic rings. The van der Waals surface area contributed by atoms with Crippen LogP contribution >= 0.6 is 0 Å². The van der Waals surface area contributed by atoms with Crippen molar-refractivity contribution in [2.24, 2.45) is 0 Å². The fraction of sp³-hybridized carbons (Fsp3) is 0.643. The van der Waals surface area contributed by atoms with Crippen molar-refractivity contribution in [1.29, 1.82) is 0 Å². The second kappa shape index (κ2) is 5.05. The Bertz CT molecular complexity index is 383. The maximum absolute atomic E-state index is 4.69. The third-order valence-corrected chi connectivity index (χ3v) is 3.89. The molecule has 1 atom stereocenters. The lowest BCUT2D eigenvalue weighted by atomic mass is 10.1. The summed E-state index contributed by atoms with van der Waals surface area (Å²) < 4.78 is 0. The largest absolute Gasteiger partial charge is 0.370 e. The van der Waals surface area contributed by atoms with Gasteiger partial charge >= 0.3 is 0 Å². The molecule has 0 bridgehead atoms. The molecule has 1 fully saturated rings. The summed E-state index contributed by atoms with van der Waals surface area (Å²) in [4.78, 5) is 4.69. The van der Waals surface area contributed by atoms with Gasteiger partial charge in [0.2, 0.25) is 0 Å². The molecule has 1 aliphatic heterocycles. The minimum atomic E-state index is 0.719. The molecule has 3 rings (SSSR count). The molecule has 0 amide bonds. The number of hydrogen-bond acceptors (Lipinski definition) is 3. The predicted octanol–water partition coefficient (Wildman–Crippen LogP) is 2.12. The van der Waals surface area contributed by atoms with E-state index in [-0.39, 0.29) is 0 Å². The minimum absolute atomic E-state index is 0.719. The van der Waals surface area contributed by atoms with Gasteiger partial charge in [0.15, 0.2) is 0 Å². The fourth-order valence-corrected chi connectivity index (χ4v) is 2.90. The Balaban J connectivity index is 1.51. The molecule has 0 spiro atoms. The van der Waals surface area contributed by atoms with Crippen LogP contribution in [0.2, 0.25) is 0 Å². The van der Waals surface area contributed by atoms with Crippen molar-refractivity contribution in [2.45, 2.75) is 44.6 Å². The zero-order valence-electron chi connectivity index (χ0n) is 10.3. The standard InChI is InChI=1S/C14H21N3/c1-3-11-6-7-14(17-13(11)5-1)16-10-8-12-4-2-9-15-12/h6-7,12,15H,1-5,8-10H2,(H,16,17). The van der Waals surface area contributed by atoms with E-state index in [1.165, 1.54) is 49.9 Å². The summed E-state index contributed by atoms with van der Waals surface area (Å²) in [6.07, 6.45) is 7.53. The molecule has 3 nitrogen and oxygen atoms in total. The summed E-state index contributed by atoms with van der Waals surface area (Å²) >= 11 is 0. The van der Waals surface area contributed by atoms with Gasteiger partial charge in [0.25, 0.3) is 0 Å². The summed E-state index contributed by atoms with van der Waals surface area (Å²) in [6, 6.07) is 5.09. The predicted molar refractivity (Wildman–Crippen MR) is 70.4 cm³/mol. The van der Waals surface area contributed by atoms with Crippen LogP contribution in [0.3, 0.4) is 0 Å². The lowest BCUT2D eigenvalue weighted by Gasteiger charge is -2.11. The van der Waals surface area contributed by atoms with E-state index < -0.39 is 0 Å². The average molecular weight is 231 g/mol. The van der Waals surface area contributed by atoms with E-state index in [1.54, 1.807) is 0 Å². The van der Waals surface area contributed by atoms with Crippen LogP contribution in [0.15, 0.2) is 12.1 Å². The van der Waals surface area contributed by atoms with Crippen LogP contribution in [-0.4, -0.2) is 24.1 Å². The second-order valence-corrected chi connectivity index (χ2v) is 5.16. The van der Waals surface area contributed by atoms with E-state index in [1.807, 2.05) is 0 Å². The molecule has 0 saturated carbocycles. The third kappa shape index (κ3) is 2.60. The van der Waals surface area contributed by atoms with Gasteiger partial charge in [-0.3, -0.25) is 0 Å².